The van der Waals surface area contributed by atoms with Gasteiger partial charge in [-0.3, -0.25) is 4.90 Å². The fourth-order valence-electron chi connectivity index (χ4n) is 5.06. The molecule has 6 rings (SSSR count). The highest BCUT2D eigenvalue weighted by molar-refractivity contribution is 5.82. The summed E-state index contributed by atoms with van der Waals surface area (Å²) in [5, 5.41) is 10.1. The van der Waals surface area contributed by atoms with Crippen LogP contribution in [0.5, 0.6) is 0 Å². The van der Waals surface area contributed by atoms with Crippen LogP contribution in [0.2, 0.25) is 0 Å². The monoisotopic (exact) mass is 443 g/mol. The number of aromatic nitrogens is 2. The van der Waals surface area contributed by atoms with Crippen LogP contribution in [0.15, 0.2) is 61.1 Å². The molecule has 3 aromatic rings. The lowest BCUT2D eigenvalue weighted by Crippen LogP contribution is -2.42. The van der Waals surface area contributed by atoms with Crippen LogP contribution in [0.1, 0.15) is 60.5 Å². The van der Waals surface area contributed by atoms with E-state index in [0.717, 1.165) is 47.9 Å². The maximum absolute atomic E-state index is 13.4. The number of aliphatic carboxylic acids is 1. The maximum Gasteiger partial charge on any atom is 0.411 e. The summed E-state index contributed by atoms with van der Waals surface area (Å²) in [6, 6.07) is 15.4. The van der Waals surface area contributed by atoms with Crippen molar-refractivity contribution >= 4 is 12.1 Å². The Bertz CT molecular complexity index is 1180. The SMILES string of the molecule is O=C(O)C(c1cncn1C1CC1)N(C(=O)OCC1c2ccccc2-c2ccccc21)C1CC1. The summed E-state index contributed by atoms with van der Waals surface area (Å²) in [5.74, 6) is -1.12. The van der Waals surface area contributed by atoms with E-state index >= 15 is 0 Å². The van der Waals surface area contributed by atoms with Crippen molar-refractivity contribution in [1.29, 1.82) is 0 Å². The van der Waals surface area contributed by atoms with Gasteiger partial charge in [0, 0.05) is 18.0 Å². The van der Waals surface area contributed by atoms with E-state index in [1.807, 2.05) is 28.8 Å². The van der Waals surface area contributed by atoms with Crippen LogP contribution in [0.4, 0.5) is 4.79 Å². The number of fused-ring (bicyclic) bond motifs is 3. The summed E-state index contributed by atoms with van der Waals surface area (Å²) in [5.41, 5.74) is 5.12. The Labute approximate surface area is 191 Å². The molecule has 3 aliphatic carbocycles. The molecule has 168 valence electrons. The first-order valence-electron chi connectivity index (χ1n) is 11.5. The van der Waals surface area contributed by atoms with Crippen LogP contribution in [0.25, 0.3) is 11.1 Å². The molecule has 0 spiro atoms. The number of benzene rings is 2. The average Bonchev–Trinajstić information content (AvgIpc) is 3.76. The van der Waals surface area contributed by atoms with E-state index in [-0.39, 0.29) is 24.6 Å². The zero-order chi connectivity index (χ0) is 22.5. The number of carbonyl (C=O) groups excluding carboxylic acids is 1. The molecular weight excluding hydrogens is 418 g/mol. The minimum Gasteiger partial charge on any atom is -0.479 e. The van der Waals surface area contributed by atoms with Crippen molar-refractivity contribution < 1.29 is 19.4 Å². The second kappa shape index (κ2) is 7.76. The number of hydrogen-bond acceptors (Lipinski definition) is 4. The highest BCUT2D eigenvalue weighted by Crippen LogP contribution is 2.45. The Balaban J connectivity index is 1.27. The van der Waals surface area contributed by atoms with E-state index in [1.54, 1.807) is 12.5 Å². The normalized spacial score (nSPS) is 17.8. The van der Waals surface area contributed by atoms with Crippen LogP contribution >= 0.6 is 0 Å². The molecular formula is C26H25N3O4. The Morgan fingerprint density at radius 2 is 1.67 bits per heavy atom. The summed E-state index contributed by atoms with van der Waals surface area (Å²) >= 11 is 0. The van der Waals surface area contributed by atoms with Crippen molar-refractivity contribution in [2.24, 2.45) is 0 Å². The third-order valence-corrected chi connectivity index (χ3v) is 6.92. The van der Waals surface area contributed by atoms with E-state index in [9.17, 15) is 14.7 Å². The predicted molar refractivity (Wildman–Crippen MR) is 121 cm³/mol. The number of carboxylic acid groups (broad SMARTS) is 1. The van der Waals surface area contributed by atoms with E-state index in [4.69, 9.17) is 4.74 Å². The molecule has 7 heteroatoms. The number of ether oxygens (including phenoxy) is 1. The van der Waals surface area contributed by atoms with Crippen molar-refractivity contribution in [1.82, 2.24) is 14.5 Å². The minimum atomic E-state index is -1.10. The van der Waals surface area contributed by atoms with E-state index in [2.05, 4.69) is 29.2 Å². The Morgan fingerprint density at radius 3 is 2.24 bits per heavy atom. The second-order valence-electron chi connectivity index (χ2n) is 9.14. The van der Waals surface area contributed by atoms with Crippen molar-refractivity contribution in [3.05, 3.63) is 77.9 Å². The molecule has 3 aliphatic rings. The molecule has 1 aromatic heterocycles. The third kappa shape index (κ3) is 3.48. The average molecular weight is 444 g/mol. The first-order chi connectivity index (χ1) is 16.1. The summed E-state index contributed by atoms with van der Waals surface area (Å²) in [6.45, 7) is 0.171. The fourth-order valence-corrected chi connectivity index (χ4v) is 5.06. The number of hydrogen-bond donors (Lipinski definition) is 1. The van der Waals surface area contributed by atoms with E-state index < -0.39 is 18.1 Å². The van der Waals surface area contributed by atoms with Gasteiger partial charge in [0.05, 0.1) is 18.2 Å². The number of imidazole rings is 1. The van der Waals surface area contributed by atoms with Crippen LogP contribution < -0.4 is 0 Å². The highest BCUT2D eigenvalue weighted by atomic mass is 16.6. The molecule has 1 atom stereocenters. The Hall–Kier alpha value is -3.61. The molecule has 0 aliphatic heterocycles. The van der Waals surface area contributed by atoms with Gasteiger partial charge in [-0.05, 0) is 47.9 Å². The molecule has 1 N–H and O–H groups in total. The standard InChI is InChI=1S/C26H25N3O4/c30-25(31)24(23-13-27-15-28(23)16-9-10-16)29(17-11-12-17)26(32)33-14-22-20-7-3-1-5-18(20)19-6-2-4-8-21(19)22/h1-8,13,15-17,22,24H,9-12,14H2,(H,30,31). The highest BCUT2D eigenvalue weighted by Gasteiger charge is 2.45. The van der Waals surface area contributed by atoms with Gasteiger partial charge in [0.1, 0.15) is 6.61 Å². The van der Waals surface area contributed by atoms with Crippen LogP contribution in [0.3, 0.4) is 0 Å². The van der Waals surface area contributed by atoms with Gasteiger partial charge in [-0.25, -0.2) is 14.6 Å². The minimum absolute atomic E-state index is 0.0670. The van der Waals surface area contributed by atoms with E-state index in [1.165, 1.54) is 4.90 Å². The molecule has 0 bridgehead atoms. The molecule has 1 amide bonds. The van der Waals surface area contributed by atoms with E-state index in [0.29, 0.717) is 5.69 Å². The van der Waals surface area contributed by atoms with Gasteiger partial charge >= 0.3 is 12.1 Å². The number of nitrogens with zero attached hydrogens (tertiary/aromatic N) is 3. The maximum atomic E-state index is 13.4. The van der Waals surface area contributed by atoms with Crippen LogP contribution in [-0.2, 0) is 9.53 Å². The fraction of sp³-hybridized carbons (Fsp3) is 0.346. The van der Waals surface area contributed by atoms with Crippen molar-refractivity contribution in [3.8, 4) is 11.1 Å². The molecule has 1 unspecified atom stereocenters. The quantitative estimate of drug-likeness (QED) is 0.569. The molecule has 0 radical (unpaired) electrons. The summed E-state index contributed by atoms with van der Waals surface area (Å²) in [6.07, 6.45) is 6.25. The lowest BCUT2D eigenvalue weighted by molar-refractivity contribution is -0.143. The van der Waals surface area contributed by atoms with Crippen LogP contribution in [0, 0.1) is 0 Å². The van der Waals surface area contributed by atoms with Gasteiger partial charge in [0.15, 0.2) is 6.04 Å². The van der Waals surface area contributed by atoms with Crippen molar-refractivity contribution in [2.45, 2.75) is 49.7 Å². The van der Waals surface area contributed by atoms with Gasteiger partial charge in [0.25, 0.3) is 0 Å². The largest absolute Gasteiger partial charge is 0.479 e. The summed E-state index contributed by atoms with van der Waals surface area (Å²) in [7, 11) is 0. The van der Waals surface area contributed by atoms with Crippen molar-refractivity contribution in [3.63, 3.8) is 0 Å². The number of rotatable bonds is 7. The molecule has 2 aromatic carbocycles. The molecule has 2 fully saturated rings. The number of carboxylic acids is 1. The lowest BCUT2D eigenvalue weighted by atomic mass is 9.98. The first kappa shape index (κ1) is 20.0. The van der Waals surface area contributed by atoms with Crippen molar-refractivity contribution in [2.75, 3.05) is 6.61 Å². The third-order valence-electron chi connectivity index (χ3n) is 6.92. The zero-order valence-electron chi connectivity index (χ0n) is 18.1. The smallest absolute Gasteiger partial charge is 0.411 e. The summed E-state index contributed by atoms with van der Waals surface area (Å²) in [4.78, 5) is 31.3. The summed E-state index contributed by atoms with van der Waals surface area (Å²) < 4.78 is 7.75. The Kier molecular flexibility index (Phi) is 4.71. The van der Waals surface area contributed by atoms with Gasteiger partial charge in [-0.1, -0.05) is 48.5 Å². The van der Waals surface area contributed by atoms with Gasteiger partial charge in [-0.15, -0.1) is 0 Å². The molecule has 33 heavy (non-hydrogen) atoms. The first-order valence-corrected chi connectivity index (χ1v) is 11.5. The second-order valence-corrected chi connectivity index (χ2v) is 9.14. The van der Waals surface area contributed by atoms with Gasteiger partial charge in [-0.2, -0.15) is 0 Å². The lowest BCUT2D eigenvalue weighted by Gasteiger charge is -2.29. The van der Waals surface area contributed by atoms with Gasteiger partial charge in [0.2, 0.25) is 0 Å². The van der Waals surface area contributed by atoms with Crippen LogP contribution in [-0.4, -0.2) is 44.3 Å². The van der Waals surface area contributed by atoms with Gasteiger partial charge < -0.3 is 14.4 Å². The molecule has 0 saturated heterocycles. The zero-order valence-corrected chi connectivity index (χ0v) is 18.1. The number of carbonyl (C=O) groups is 2. The predicted octanol–water partition coefficient (Wildman–Crippen LogP) is 4.76. The Morgan fingerprint density at radius 1 is 1.03 bits per heavy atom. The molecule has 1 heterocycles. The number of amides is 1. The molecule has 2 saturated carbocycles. The molecule has 7 nitrogen and oxygen atoms in total. The topological polar surface area (TPSA) is 84.7 Å².